The summed E-state index contributed by atoms with van der Waals surface area (Å²) in [7, 11) is 0. The van der Waals surface area contributed by atoms with Crippen molar-refractivity contribution >= 4 is 0 Å². The van der Waals surface area contributed by atoms with E-state index in [0.717, 1.165) is 35.6 Å². The van der Waals surface area contributed by atoms with E-state index in [1.165, 1.54) is 0 Å². The lowest BCUT2D eigenvalue weighted by Gasteiger charge is -2.22. The molecule has 0 saturated carbocycles. The molecule has 0 amide bonds. The van der Waals surface area contributed by atoms with Crippen molar-refractivity contribution in [3.05, 3.63) is 35.9 Å². The minimum atomic E-state index is 0.0614. The zero-order valence-corrected chi connectivity index (χ0v) is 14.1. The maximum absolute atomic E-state index is 5.97. The van der Waals surface area contributed by atoms with Gasteiger partial charge in [0.15, 0.2) is 11.5 Å². The van der Waals surface area contributed by atoms with E-state index in [-0.39, 0.29) is 5.54 Å². The number of ether oxygens (including phenoxy) is 2. The Morgan fingerprint density at radius 1 is 1.19 bits per heavy atom. The van der Waals surface area contributed by atoms with Crippen LogP contribution in [0.1, 0.15) is 46.6 Å². The molecular formula is C18H29NO2. The average Bonchev–Trinajstić information content (AvgIpc) is 2.43. The van der Waals surface area contributed by atoms with E-state index >= 15 is 0 Å². The van der Waals surface area contributed by atoms with Gasteiger partial charge in [-0.25, -0.2) is 0 Å². The zero-order valence-electron chi connectivity index (χ0n) is 14.1. The summed E-state index contributed by atoms with van der Waals surface area (Å²) in [5.74, 6) is 1.63. The van der Waals surface area contributed by atoms with Gasteiger partial charge in [0.05, 0.1) is 6.61 Å². The average molecular weight is 291 g/mol. The SMILES string of the molecule is C=C(CC)COc1c(CNC(C)(C)C)cccc1OCC. The van der Waals surface area contributed by atoms with Gasteiger partial charge in [0, 0.05) is 17.6 Å². The third kappa shape index (κ3) is 6.21. The molecule has 0 saturated heterocycles. The first-order chi connectivity index (χ1) is 9.87. The molecule has 1 rings (SSSR count). The van der Waals surface area contributed by atoms with Crippen LogP contribution in [-0.4, -0.2) is 18.8 Å². The molecule has 0 spiro atoms. The predicted octanol–water partition coefficient (Wildman–Crippen LogP) is 4.32. The van der Waals surface area contributed by atoms with E-state index in [1.807, 2.05) is 19.1 Å². The van der Waals surface area contributed by atoms with Crippen molar-refractivity contribution in [2.45, 2.75) is 53.1 Å². The van der Waals surface area contributed by atoms with Gasteiger partial charge in [-0.1, -0.05) is 25.6 Å². The Morgan fingerprint density at radius 2 is 1.90 bits per heavy atom. The Morgan fingerprint density at radius 3 is 2.48 bits per heavy atom. The van der Waals surface area contributed by atoms with E-state index < -0.39 is 0 Å². The first kappa shape index (κ1) is 17.6. The molecule has 0 aliphatic heterocycles. The van der Waals surface area contributed by atoms with Crippen molar-refractivity contribution in [2.24, 2.45) is 0 Å². The van der Waals surface area contributed by atoms with Gasteiger partial charge in [-0.05, 0) is 45.8 Å². The van der Waals surface area contributed by atoms with Crippen molar-refractivity contribution in [3.8, 4) is 11.5 Å². The molecule has 1 N–H and O–H groups in total. The van der Waals surface area contributed by atoms with Crippen LogP contribution < -0.4 is 14.8 Å². The number of hydrogen-bond donors (Lipinski definition) is 1. The van der Waals surface area contributed by atoms with Crippen LogP contribution in [0.25, 0.3) is 0 Å². The molecule has 0 bridgehead atoms. The van der Waals surface area contributed by atoms with Gasteiger partial charge in [0.1, 0.15) is 6.61 Å². The maximum atomic E-state index is 5.97. The largest absolute Gasteiger partial charge is 0.490 e. The van der Waals surface area contributed by atoms with Crippen LogP contribution in [0.5, 0.6) is 11.5 Å². The fraction of sp³-hybridized carbons (Fsp3) is 0.556. The fourth-order valence-electron chi connectivity index (χ4n) is 1.77. The van der Waals surface area contributed by atoms with Crippen molar-refractivity contribution in [1.29, 1.82) is 0 Å². The Bertz CT molecular complexity index is 461. The summed E-state index contributed by atoms with van der Waals surface area (Å²) in [6.07, 6.45) is 0.923. The van der Waals surface area contributed by atoms with Crippen LogP contribution in [-0.2, 0) is 6.54 Å². The third-order valence-electron chi connectivity index (χ3n) is 3.09. The second-order valence-electron chi connectivity index (χ2n) is 6.17. The van der Waals surface area contributed by atoms with Gasteiger partial charge in [0.25, 0.3) is 0 Å². The molecule has 0 radical (unpaired) electrons. The Balaban J connectivity index is 2.93. The van der Waals surface area contributed by atoms with Crippen molar-refractivity contribution in [3.63, 3.8) is 0 Å². The van der Waals surface area contributed by atoms with Gasteiger partial charge in [-0.3, -0.25) is 0 Å². The van der Waals surface area contributed by atoms with Crippen LogP contribution in [0.3, 0.4) is 0 Å². The number of para-hydroxylation sites is 1. The molecule has 0 heterocycles. The summed E-state index contributed by atoms with van der Waals surface area (Å²) in [6, 6.07) is 6.03. The molecule has 1 aromatic rings. The maximum Gasteiger partial charge on any atom is 0.166 e. The van der Waals surface area contributed by atoms with E-state index in [9.17, 15) is 0 Å². The topological polar surface area (TPSA) is 30.5 Å². The molecule has 1 aromatic carbocycles. The van der Waals surface area contributed by atoms with E-state index in [4.69, 9.17) is 9.47 Å². The first-order valence-electron chi connectivity index (χ1n) is 7.66. The zero-order chi connectivity index (χ0) is 15.9. The molecule has 0 aliphatic carbocycles. The molecule has 0 unspecified atom stereocenters. The summed E-state index contributed by atoms with van der Waals surface area (Å²) < 4.78 is 11.7. The summed E-state index contributed by atoms with van der Waals surface area (Å²) in [5, 5.41) is 3.49. The second kappa shape index (κ2) is 8.08. The molecular weight excluding hydrogens is 262 g/mol. The number of nitrogens with one attached hydrogen (secondary N) is 1. The Labute approximate surface area is 129 Å². The highest BCUT2D eigenvalue weighted by Gasteiger charge is 2.14. The normalized spacial score (nSPS) is 11.3. The fourth-order valence-corrected chi connectivity index (χ4v) is 1.77. The van der Waals surface area contributed by atoms with E-state index in [2.05, 4.69) is 45.7 Å². The Hall–Kier alpha value is -1.48. The van der Waals surface area contributed by atoms with Gasteiger partial charge < -0.3 is 14.8 Å². The Kier molecular flexibility index (Phi) is 6.76. The summed E-state index contributed by atoms with van der Waals surface area (Å²) in [5.41, 5.74) is 2.25. The molecule has 0 aliphatic rings. The highest BCUT2D eigenvalue weighted by Crippen LogP contribution is 2.32. The van der Waals surface area contributed by atoms with Gasteiger partial charge in [-0.2, -0.15) is 0 Å². The monoisotopic (exact) mass is 291 g/mol. The highest BCUT2D eigenvalue weighted by molar-refractivity contribution is 5.47. The van der Waals surface area contributed by atoms with Crippen LogP contribution in [0.15, 0.2) is 30.4 Å². The molecule has 3 nitrogen and oxygen atoms in total. The highest BCUT2D eigenvalue weighted by atomic mass is 16.5. The molecule has 21 heavy (non-hydrogen) atoms. The number of hydrogen-bond acceptors (Lipinski definition) is 3. The number of benzene rings is 1. The quantitative estimate of drug-likeness (QED) is 0.724. The van der Waals surface area contributed by atoms with Crippen LogP contribution in [0.4, 0.5) is 0 Å². The summed E-state index contributed by atoms with van der Waals surface area (Å²) in [4.78, 5) is 0. The van der Waals surface area contributed by atoms with Gasteiger partial charge in [-0.15, -0.1) is 0 Å². The van der Waals surface area contributed by atoms with Gasteiger partial charge in [0.2, 0.25) is 0 Å². The van der Waals surface area contributed by atoms with Crippen LogP contribution >= 0.6 is 0 Å². The van der Waals surface area contributed by atoms with Crippen molar-refractivity contribution < 1.29 is 9.47 Å². The van der Waals surface area contributed by atoms with Gasteiger partial charge >= 0.3 is 0 Å². The third-order valence-corrected chi connectivity index (χ3v) is 3.09. The smallest absolute Gasteiger partial charge is 0.166 e. The molecule has 0 aromatic heterocycles. The van der Waals surface area contributed by atoms with Crippen molar-refractivity contribution in [2.75, 3.05) is 13.2 Å². The lowest BCUT2D eigenvalue weighted by atomic mass is 10.1. The molecule has 118 valence electrons. The molecule has 0 fully saturated rings. The van der Waals surface area contributed by atoms with Crippen LogP contribution in [0, 0.1) is 0 Å². The van der Waals surface area contributed by atoms with Crippen LogP contribution in [0.2, 0.25) is 0 Å². The number of rotatable bonds is 8. The summed E-state index contributed by atoms with van der Waals surface area (Å²) in [6.45, 7) is 16.4. The summed E-state index contributed by atoms with van der Waals surface area (Å²) >= 11 is 0. The minimum Gasteiger partial charge on any atom is -0.490 e. The lowest BCUT2D eigenvalue weighted by Crippen LogP contribution is -2.35. The molecule has 3 heteroatoms. The first-order valence-corrected chi connectivity index (χ1v) is 7.66. The lowest BCUT2D eigenvalue weighted by molar-refractivity contribution is 0.287. The van der Waals surface area contributed by atoms with Crippen molar-refractivity contribution in [1.82, 2.24) is 5.32 Å². The van der Waals surface area contributed by atoms with E-state index in [1.54, 1.807) is 0 Å². The predicted molar refractivity (Wildman–Crippen MR) is 89.1 cm³/mol. The standard InChI is InChI=1S/C18H29NO2/c1-7-14(3)13-21-17-15(12-19-18(4,5)6)10-9-11-16(17)20-8-2/h9-11,19H,3,7-8,12-13H2,1-2,4-6H3. The molecule has 0 atom stereocenters. The van der Waals surface area contributed by atoms with E-state index in [0.29, 0.717) is 13.2 Å². The minimum absolute atomic E-state index is 0.0614. The second-order valence-corrected chi connectivity index (χ2v) is 6.17.